The van der Waals surface area contributed by atoms with Gasteiger partial charge in [0.2, 0.25) is 5.82 Å². The summed E-state index contributed by atoms with van der Waals surface area (Å²) >= 11 is 0. The average molecular weight is 255 g/mol. The van der Waals surface area contributed by atoms with Crippen LogP contribution in [0.3, 0.4) is 0 Å². The molecule has 1 N–H and O–H groups in total. The number of aromatic carboxylic acids is 1. The lowest BCUT2D eigenvalue weighted by molar-refractivity contribution is 0.0684. The van der Waals surface area contributed by atoms with Crippen molar-refractivity contribution in [3.8, 4) is 0 Å². The Hall–Kier alpha value is -2.43. The van der Waals surface area contributed by atoms with Gasteiger partial charge in [0.05, 0.1) is 5.52 Å². The molecule has 19 heavy (non-hydrogen) atoms. The van der Waals surface area contributed by atoms with Crippen molar-refractivity contribution in [1.82, 2.24) is 9.97 Å². The van der Waals surface area contributed by atoms with Gasteiger partial charge in [-0.05, 0) is 18.6 Å². The van der Waals surface area contributed by atoms with Gasteiger partial charge >= 0.3 is 5.97 Å². The molecule has 0 unspecified atom stereocenters. The number of carbonyl (C=O) groups is 1. The van der Waals surface area contributed by atoms with Crippen molar-refractivity contribution in [1.29, 1.82) is 0 Å². The van der Waals surface area contributed by atoms with E-state index in [0.717, 1.165) is 24.9 Å². The molecule has 1 aromatic heterocycles. The molecule has 0 fully saturated rings. The third-order valence-electron chi connectivity index (χ3n) is 3.13. The number of hydrogen-bond donors (Lipinski definition) is 1. The van der Waals surface area contributed by atoms with Crippen LogP contribution in [0.15, 0.2) is 36.4 Å². The first-order valence-corrected chi connectivity index (χ1v) is 6.16. The fourth-order valence-corrected chi connectivity index (χ4v) is 2.23. The molecular formula is C14H13N3O2. The predicted octanol–water partition coefficient (Wildman–Crippen LogP) is 2.09. The SMILES string of the molecule is O=C(O)c1nc(N2CC=CCC2)c2ccccc2n1. The lowest BCUT2D eigenvalue weighted by Crippen LogP contribution is -2.28. The maximum Gasteiger partial charge on any atom is 0.374 e. The van der Waals surface area contributed by atoms with Gasteiger partial charge in [0, 0.05) is 18.5 Å². The molecule has 0 radical (unpaired) electrons. The number of aromatic nitrogens is 2. The maximum absolute atomic E-state index is 11.1. The number of para-hydroxylation sites is 1. The highest BCUT2D eigenvalue weighted by Gasteiger charge is 2.17. The minimum Gasteiger partial charge on any atom is -0.475 e. The Bertz CT molecular complexity index is 667. The van der Waals surface area contributed by atoms with Gasteiger partial charge in [-0.15, -0.1) is 0 Å². The summed E-state index contributed by atoms with van der Waals surface area (Å²) in [4.78, 5) is 21.5. The van der Waals surface area contributed by atoms with Crippen molar-refractivity contribution >= 4 is 22.7 Å². The smallest absolute Gasteiger partial charge is 0.374 e. The van der Waals surface area contributed by atoms with E-state index in [2.05, 4.69) is 27.0 Å². The maximum atomic E-state index is 11.1. The summed E-state index contributed by atoms with van der Waals surface area (Å²) < 4.78 is 0. The zero-order valence-electron chi connectivity index (χ0n) is 10.3. The second kappa shape index (κ2) is 4.68. The number of hydrogen-bond acceptors (Lipinski definition) is 4. The molecule has 2 heterocycles. The Morgan fingerprint density at radius 3 is 2.79 bits per heavy atom. The summed E-state index contributed by atoms with van der Waals surface area (Å²) in [5.74, 6) is -0.546. The number of anilines is 1. The van der Waals surface area contributed by atoms with Crippen molar-refractivity contribution in [2.45, 2.75) is 6.42 Å². The molecule has 0 bridgehead atoms. The second-order valence-corrected chi connectivity index (χ2v) is 4.40. The van der Waals surface area contributed by atoms with Crippen LogP contribution in [0.25, 0.3) is 10.9 Å². The monoisotopic (exact) mass is 255 g/mol. The number of carboxylic acids is 1. The lowest BCUT2D eigenvalue weighted by Gasteiger charge is -2.25. The van der Waals surface area contributed by atoms with Gasteiger partial charge in [-0.25, -0.2) is 14.8 Å². The molecule has 0 saturated heterocycles. The van der Waals surface area contributed by atoms with E-state index in [1.54, 1.807) is 0 Å². The first-order valence-electron chi connectivity index (χ1n) is 6.16. The van der Waals surface area contributed by atoms with Crippen LogP contribution < -0.4 is 4.90 Å². The van der Waals surface area contributed by atoms with E-state index < -0.39 is 5.97 Å². The topological polar surface area (TPSA) is 66.3 Å². The highest BCUT2D eigenvalue weighted by atomic mass is 16.4. The van der Waals surface area contributed by atoms with Gasteiger partial charge < -0.3 is 10.0 Å². The first-order chi connectivity index (χ1) is 9.25. The Balaban J connectivity index is 2.19. The van der Waals surface area contributed by atoms with E-state index in [9.17, 15) is 4.79 Å². The average Bonchev–Trinajstić information content (AvgIpc) is 2.47. The van der Waals surface area contributed by atoms with E-state index in [4.69, 9.17) is 5.11 Å². The normalized spacial score (nSPS) is 14.8. The van der Waals surface area contributed by atoms with Crippen molar-refractivity contribution < 1.29 is 9.90 Å². The van der Waals surface area contributed by atoms with Crippen LogP contribution >= 0.6 is 0 Å². The van der Waals surface area contributed by atoms with Crippen LogP contribution in [0.1, 0.15) is 17.0 Å². The van der Waals surface area contributed by atoms with E-state index in [-0.39, 0.29) is 5.82 Å². The van der Waals surface area contributed by atoms with Crippen LogP contribution in [0, 0.1) is 0 Å². The molecule has 96 valence electrons. The number of carboxylic acid groups (broad SMARTS) is 1. The third kappa shape index (κ3) is 2.14. The van der Waals surface area contributed by atoms with E-state index in [0.29, 0.717) is 11.3 Å². The molecule has 2 aromatic rings. The summed E-state index contributed by atoms with van der Waals surface area (Å²) in [5.41, 5.74) is 0.666. The number of rotatable bonds is 2. The summed E-state index contributed by atoms with van der Waals surface area (Å²) in [6.07, 6.45) is 5.14. The number of benzene rings is 1. The highest BCUT2D eigenvalue weighted by Crippen LogP contribution is 2.25. The van der Waals surface area contributed by atoms with Crippen LogP contribution in [-0.2, 0) is 0 Å². The molecule has 0 amide bonds. The minimum atomic E-state index is -1.10. The van der Waals surface area contributed by atoms with Gasteiger partial charge in [-0.2, -0.15) is 0 Å². The van der Waals surface area contributed by atoms with Crippen molar-refractivity contribution in [2.24, 2.45) is 0 Å². The van der Waals surface area contributed by atoms with Gasteiger partial charge in [0.1, 0.15) is 5.82 Å². The van der Waals surface area contributed by atoms with Gasteiger partial charge in [0.25, 0.3) is 0 Å². The van der Waals surface area contributed by atoms with Crippen LogP contribution in [-0.4, -0.2) is 34.1 Å². The molecule has 0 saturated carbocycles. The van der Waals surface area contributed by atoms with Gasteiger partial charge in [-0.3, -0.25) is 0 Å². The molecule has 1 aliphatic rings. The zero-order valence-corrected chi connectivity index (χ0v) is 10.3. The Kier molecular flexibility index (Phi) is 2.87. The lowest BCUT2D eigenvalue weighted by atomic mass is 10.2. The summed E-state index contributed by atoms with van der Waals surface area (Å²) in [7, 11) is 0. The predicted molar refractivity (Wildman–Crippen MR) is 72.5 cm³/mol. The van der Waals surface area contributed by atoms with Crippen molar-refractivity contribution in [3.05, 3.63) is 42.2 Å². The van der Waals surface area contributed by atoms with Crippen LogP contribution in [0.2, 0.25) is 0 Å². The van der Waals surface area contributed by atoms with E-state index in [1.807, 2.05) is 24.3 Å². The summed E-state index contributed by atoms with van der Waals surface area (Å²) in [6, 6.07) is 7.50. The fraction of sp³-hybridized carbons (Fsp3) is 0.214. The fourth-order valence-electron chi connectivity index (χ4n) is 2.23. The second-order valence-electron chi connectivity index (χ2n) is 4.40. The molecule has 0 spiro atoms. The minimum absolute atomic E-state index is 0.150. The number of fused-ring (bicyclic) bond motifs is 1. The standard InChI is InChI=1S/C14H13N3O2/c18-14(19)12-15-11-7-3-2-6-10(11)13(16-12)17-8-4-1-5-9-17/h1-4,6-7H,5,8-9H2,(H,18,19). The Labute approximate surface area is 110 Å². The quantitative estimate of drug-likeness (QED) is 0.832. The Morgan fingerprint density at radius 1 is 1.21 bits per heavy atom. The van der Waals surface area contributed by atoms with Gasteiger partial charge in [0.15, 0.2) is 0 Å². The van der Waals surface area contributed by atoms with E-state index >= 15 is 0 Å². The summed E-state index contributed by atoms with van der Waals surface area (Å²) in [5, 5.41) is 10.0. The molecule has 5 heteroatoms. The first kappa shape index (κ1) is 11.6. The van der Waals surface area contributed by atoms with Crippen LogP contribution in [0.5, 0.6) is 0 Å². The largest absolute Gasteiger partial charge is 0.475 e. The van der Waals surface area contributed by atoms with Gasteiger partial charge in [-0.1, -0.05) is 24.3 Å². The molecule has 3 rings (SSSR count). The van der Waals surface area contributed by atoms with Crippen molar-refractivity contribution in [2.75, 3.05) is 18.0 Å². The molecule has 1 aliphatic heterocycles. The van der Waals surface area contributed by atoms with E-state index in [1.165, 1.54) is 0 Å². The zero-order chi connectivity index (χ0) is 13.2. The van der Waals surface area contributed by atoms with Crippen LogP contribution in [0.4, 0.5) is 5.82 Å². The molecular weight excluding hydrogens is 242 g/mol. The molecule has 0 aliphatic carbocycles. The molecule has 0 atom stereocenters. The molecule has 5 nitrogen and oxygen atoms in total. The summed E-state index contributed by atoms with van der Waals surface area (Å²) in [6.45, 7) is 1.59. The van der Waals surface area contributed by atoms with Crippen molar-refractivity contribution in [3.63, 3.8) is 0 Å². The Morgan fingerprint density at radius 2 is 2.05 bits per heavy atom. The third-order valence-corrected chi connectivity index (χ3v) is 3.13. The molecule has 1 aromatic carbocycles. The number of nitrogens with zero attached hydrogens (tertiary/aromatic N) is 3. The highest BCUT2D eigenvalue weighted by molar-refractivity contribution is 5.93.